The summed E-state index contributed by atoms with van der Waals surface area (Å²) >= 11 is 3.10. The van der Waals surface area contributed by atoms with Gasteiger partial charge in [-0.2, -0.15) is 0 Å². The van der Waals surface area contributed by atoms with Gasteiger partial charge in [0.25, 0.3) is 0 Å². The van der Waals surface area contributed by atoms with Crippen molar-refractivity contribution < 1.29 is 9.18 Å². The fourth-order valence-electron chi connectivity index (χ4n) is 1.33. The lowest BCUT2D eigenvalue weighted by Crippen LogP contribution is -1.99. The second-order valence-electron chi connectivity index (χ2n) is 3.26. The average molecular weight is 284 g/mol. The molecule has 0 aliphatic rings. The molecular formula is C10H7BrFN3O. The highest BCUT2D eigenvalue weighted by Crippen LogP contribution is 2.22. The predicted octanol–water partition coefficient (Wildman–Crippen LogP) is 2.29. The smallest absolute Gasteiger partial charge is 0.171 e. The van der Waals surface area contributed by atoms with Crippen molar-refractivity contribution >= 4 is 22.2 Å². The Kier molecular flexibility index (Phi) is 2.82. The van der Waals surface area contributed by atoms with Crippen LogP contribution in [-0.2, 0) is 0 Å². The fraction of sp³-hybridized carbons (Fsp3) is 0.100. The number of halogens is 2. The van der Waals surface area contributed by atoms with E-state index in [4.69, 9.17) is 0 Å². The van der Waals surface area contributed by atoms with Gasteiger partial charge in [0.05, 0.1) is 16.4 Å². The summed E-state index contributed by atoms with van der Waals surface area (Å²) in [4.78, 5) is 10.5. The van der Waals surface area contributed by atoms with Gasteiger partial charge in [-0.05, 0) is 34.5 Å². The first-order valence-corrected chi connectivity index (χ1v) is 5.24. The highest BCUT2D eigenvalue weighted by atomic mass is 79.9. The minimum Gasteiger partial charge on any atom is -0.296 e. The third-order valence-electron chi connectivity index (χ3n) is 2.12. The van der Waals surface area contributed by atoms with Crippen molar-refractivity contribution in [3.05, 3.63) is 39.9 Å². The number of rotatable bonds is 2. The third-order valence-corrected chi connectivity index (χ3v) is 2.73. The minimum atomic E-state index is -0.385. The molecule has 0 atom stereocenters. The van der Waals surface area contributed by atoms with Gasteiger partial charge >= 0.3 is 0 Å². The molecule has 6 heteroatoms. The lowest BCUT2D eigenvalue weighted by atomic mass is 10.2. The lowest BCUT2D eigenvalue weighted by molar-refractivity contribution is 0.111. The maximum atomic E-state index is 13.4. The van der Waals surface area contributed by atoms with Crippen molar-refractivity contribution in [1.82, 2.24) is 15.0 Å². The Morgan fingerprint density at radius 2 is 2.25 bits per heavy atom. The van der Waals surface area contributed by atoms with Gasteiger partial charge in [-0.15, -0.1) is 5.10 Å². The molecule has 0 N–H and O–H groups in total. The molecule has 0 saturated carbocycles. The quantitative estimate of drug-likeness (QED) is 0.795. The second kappa shape index (κ2) is 4.13. The summed E-state index contributed by atoms with van der Waals surface area (Å²) in [6.45, 7) is 1.82. The molecule has 0 amide bonds. The van der Waals surface area contributed by atoms with E-state index < -0.39 is 0 Å². The van der Waals surface area contributed by atoms with Crippen molar-refractivity contribution in [3.63, 3.8) is 0 Å². The van der Waals surface area contributed by atoms with E-state index in [1.54, 1.807) is 6.07 Å². The van der Waals surface area contributed by atoms with Crippen molar-refractivity contribution in [2.75, 3.05) is 0 Å². The van der Waals surface area contributed by atoms with Gasteiger partial charge in [-0.25, -0.2) is 9.07 Å². The fourth-order valence-corrected chi connectivity index (χ4v) is 1.79. The van der Waals surface area contributed by atoms with E-state index in [2.05, 4.69) is 26.2 Å². The summed E-state index contributed by atoms with van der Waals surface area (Å²) in [5.41, 5.74) is 1.60. The summed E-state index contributed by atoms with van der Waals surface area (Å²) in [5.74, 6) is -0.385. The number of benzene rings is 1. The third kappa shape index (κ3) is 1.88. The van der Waals surface area contributed by atoms with Gasteiger partial charge in [-0.3, -0.25) is 4.79 Å². The van der Waals surface area contributed by atoms with Gasteiger partial charge in [0.2, 0.25) is 0 Å². The van der Waals surface area contributed by atoms with Gasteiger partial charge in [-0.1, -0.05) is 5.21 Å². The van der Waals surface area contributed by atoms with Crippen LogP contribution in [0.1, 0.15) is 16.1 Å². The zero-order valence-electron chi connectivity index (χ0n) is 8.32. The molecule has 2 aromatic rings. The summed E-state index contributed by atoms with van der Waals surface area (Å²) in [7, 11) is 0. The molecule has 2 rings (SSSR count). The molecule has 0 saturated heterocycles. The molecule has 0 bridgehead atoms. The maximum Gasteiger partial charge on any atom is 0.171 e. The first-order chi connectivity index (χ1) is 7.61. The Labute approximate surface area is 99.2 Å². The van der Waals surface area contributed by atoms with Gasteiger partial charge < -0.3 is 0 Å². The van der Waals surface area contributed by atoms with Crippen LogP contribution in [0.3, 0.4) is 0 Å². The van der Waals surface area contributed by atoms with Crippen LogP contribution >= 0.6 is 15.9 Å². The number of aryl methyl sites for hydroxylation is 1. The standard InChI is InChI=1S/C10H7BrFN3O/c1-6-2-8(11)9(12)3-10(6)15-4-7(5-16)13-14-15/h2-5H,1H3. The van der Waals surface area contributed by atoms with Gasteiger partial charge in [0.1, 0.15) is 11.5 Å². The topological polar surface area (TPSA) is 47.8 Å². The largest absolute Gasteiger partial charge is 0.296 e. The molecule has 1 aromatic carbocycles. The van der Waals surface area contributed by atoms with Crippen LogP contribution in [0.5, 0.6) is 0 Å². The summed E-state index contributed by atoms with van der Waals surface area (Å²) in [5, 5.41) is 7.36. The first-order valence-electron chi connectivity index (χ1n) is 4.45. The molecule has 16 heavy (non-hydrogen) atoms. The van der Waals surface area contributed by atoms with Crippen LogP contribution in [0.2, 0.25) is 0 Å². The maximum absolute atomic E-state index is 13.4. The SMILES string of the molecule is Cc1cc(Br)c(F)cc1-n1cc(C=O)nn1. The molecule has 0 spiro atoms. The van der Waals surface area contributed by atoms with Gasteiger partial charge in [0.15, 0.2) is 6.29 Å². The van der Waals surface area contributed by atoms with Crippen molar-refractivity contribution in [1.29, 1.82) is 0 Å². The first kappa shape index (κ1) is 10.9. The normalized spacial score (nSPS) is 10.4. The molecule has 82 valence electrons. The second-order valence-corrected chi connectivity index (χ2v) is 4.11. The van der Waals surface area contributed by atoms with E-state index in [1.807, 2.05) is 6.92 Å². The Bertz CT molecular complexity index is 553. The molecule has 0 aliphatic carbocycles. The van der Waals surface area contributed by atoms with Crippen molar-refractivity contribution in [2.45, 2.75) is 6.92 Å². The average Bonchev–Trinajstić information content (AvgIpc) is 2.71. The van der Waals surface area contributed by atoms with Crippen molar-refractivity contribution in [3.8, 4) is 5.69 Å². The Morgan fingerprint density at radius 1 is 1.50 bits per heavy atom. The highest BCUT2D eigenvalue weighted by molar-refractivity contribution is 9.10. The zero-order chi connectivity index (χ0) is 11.7. The molecule has 1 heterocycles. The number of aldehydes is 1. The predicted molar refractivity (Wildman–Crippen MR) is 59.1 cm³/mol. The number of carbonyl (C=O) groups is 1. The van der Waals surface area contributed by atoms with Crippen LogP contribution in [0.25, 0.3) is 5.69 Å². The minimum absolute atomic E-state index is 0.211. The zero-order valence-corrected chi connectivity index (χ0v) is 9.90. The Hall–Kier alpha value is -1.56. The molecule has 0 radical (unpaired) electrons. The number of hydrogen-bond donors (Lipinski definition) is 0. The summed E-state index contributed by atoms with van der Waals surface area (Å²) < 4.78 is 15.1. The van der Waals surface area contributed by atoms with E-state index in [0.717, 1.165) is 5.56 Å². The molecule has 0 aliphatic heterocycles. The lowest BCUT2D eigenvalue weighted by Gasteiger charge is -2.05. The van der Waals surface area contributed by atoms with E-state index in [1.165, 1.54) is 16.9 Å². The van der Waals surface area contributed by atoms with E-state index in [0.29, 0.717) is 16.4 Å². The van der Waals surface area contributed by atoms with Crippen molar-refractivity contribution in [2.24, 2.45) is 0 Å². The molecular weight excluding hydrogens is 277 g/mol. The van der Waals surface area contributed by atoms with E-state index >= 15 is 0 Å². The Balaban J connectivity index is 2.55. The number of hydrogen-bond acceptors (Lipinski definition) is 3. The molecule has 4 nitrogen and oxygen atoms in total. The van der Waals surface area contributed by atoms with E-state index in [9.17, 15) is 9.18 Å². The Morgan fingerprint density at radius 3 is 2.88 bits per heavy atom. The summed E-state index contributed by atoms with van der Waals surface area (Å²) in [6.07, 6.45) is 2.04. The van der Waals surface area contributed by atoms with Gasteiger partial charge in [0, 0.05) is 6.07 Å². The van der Waals surface area contributed by atoms with E-state index in [-0.39, 0.29) is 11.5 Å². The van der Waals surface area contributed by atoms with Crippen LogP contribution in [-0.4, -0.2) is 21.3 Å². The highest BCUT2D eigenvalue weighted by Gasteiger charge is 2.09. The number of nitrogens with zero attached hydrogens (tertiary/aromatic N) is 3. The molecule has 1 aromatic heterocycles. The number of aromatic nitrogens is 3. The number of carbonyl (C=O) groups excluding carboxylic acids is 1. The van der Waals surface area contributed by atoms with Crippen LogP contribution < -0.4 is 0 Å². The van der Waals surface area contributed by atoms with Crippen LogP contribution in [0.15, 0.2) is 22.8 Å². The molecule has 0 fully saturated rings. The van der Waals surface area contributed by atoms with Crippen LogP contribution in [0.4, 0.5) is 4.39 Å². The summed E-state index contributed by atoms with van der Waals surface area (Å²) in [6, 6.07) is 2.98. The molecule has 0 unspecified atom stereocenters. The monoisotopic (exact) mass is 283 g/mol. The van der Waals surface area contributed by atoms with Crippen LogP contribution in [0, 0.1) is 12.7 Å².